The number of nitrogens with zero attached hydrogens (tertiary/aromatic N) is 1. The van der Waals surface area contributed by atoms with Crippen LogP contribution in [0.5, 0.6) is 5.75 Å². The monoisotopic (exact) mass is 573 g/mol. The minimum Gasteiger partial charge on any atom is -0.497 e. The predicted molar refractivity (Wildman–Crippen MR) is 161 cm³/mol. The maximum Gasteiger partial charge on any atom is 0.261 e. The van der Waals surface area contributed by atoms with Gasteiger partial charge in [0.1, 0.15) is 29.7 Å². The zero-order chi connectivity index (χ0) is 29.3. The van der Waals surface area contributed by atoms with E-state index >= 15 is 0 Å². The van der Waals surface area contributed by atoms with Gasteiger partial charge in [0.25, 0.3) is 8.32 Å². The molecule has 3 aromatic rings. The highest BCUT2D eigenvalue weighted by Crippen LogP contribution is 2.64. The van der Waals surface area contributed by atoms with E-state index in [1.165, 1.54) is 0 Å². The van der Waals surface area contributed by atoms with E-state index in [2.05, 4.69) is 45.0 Å². The van der Waals surface area contributed by atoms with E-state index in [9.17, 15) is 10.2 Å². The maximum atomic E-state index is 12.4. The van der Waals surface area contributed by atoms with Crippen molar-refractivity contribution in [3.05, 3.63) is 90.5 Å². The summed E-state index contributed by atoms with van der Waals surface area (Å²) >= 11 is 0. The lowest BCUT2D eigenvalue weighted by molar-refractivity contribution is -0.142. The summed E-state index contributed by atoms with van der Waals surface area (Å²) in [5.74, 6) is 1.10. The van der Waals surface area contributed by atoms with Crippen LogP contribution < -0.4 is 15.1 Å². The van der Waals surface area contributed by atoms with Crippen molar-refractivity contribution in [3.63, 3.8) is 0 Å². The smallest absolute Gasteiger partial charge is 0.261 e. The molecule has 1 aliphatic carbocycles. The first-order chi connectivity index (χ1) is 19.4. The predicted octanol–water partition coefficient (Wildman–Crippen LogP) is 3.44. The second-order valence-corrected chi connectivity index (χ2v) is 16.9. The van der Waals surface area contributed by atoms with Crippen molar-refractivity contribution in [3.8, 4) is 5.75 Å². The van der Waals surface area contributed by atoms with Crippen molar-refractivity contribution in [2.45, 2.75) is 74.7 Å². The minimum absolute atomic E-state index is 0.108. The van der Waals surface area contributed by atoms with E-state index in [1.54, 1.807) is 14.0 Å². The zero-order valence-electron chi connectivity index (χ0n) is 24.5. The Kier molecular flexibility index (Phi) is 6.52. The summed E-state index contributed by atoms with van der Waals surface area (Å²) in [4.78, 5) is 4.92. The lowest BCUT2D eigenvalue weighted by atomic mass is 9.75. The summed E-state index contributed by atoms with van der Waals surface area (Å²) in [5.41, 5.74) is -3.30. The Hall–Kier alpha value is -3.01. The number of benzene rings is 3. The average Bonchev–Trinajstić information content (AvgIpc) is 3.58. The molecule has 0 amide bonds. The van der Waals surface area contributed by atoms with Gasteiger partial charge in [-0.3, -0.25) is 0 Å². The molecule has 2 aliphatic heterocycles. The first-order valence-electron chi connectivity index (χ1n) is 14.2. The van der Waals surface area contributed by atoms with Gasteiger partial charge in [0.2, 0.25) is 5.90 Å². The lowest BCUT2D eigenvalue weighted by Crippen LogP contribution is -2.69. The molecule has 0 bridgehead atoms. The second kappa shape index (κ2) is 9.51. The SMILES string of the molecule is COc1ccc(C2=N[C@@]3([C@H](C)O2)[C@H](O)[C@H]2O[C@@]2(CO[Si](c2ccccc2)(c2ccccc2)C(C)(C)C)[C@]3(C)O)cc1. The van der Waals surface area contributed by atoms with Crippen LogP contribution in [0.2, 0.25) is 5.04 Å². The summed E-state index contributed by atoms with van der Waals surface area (Å²) in [5, 5.41) is 26.1. The number of aliphatic hydroxyl groups excluding tert-OH is 1. The fourth-order valence-electron chi connectivity index (χ4n) is 7.22. The molecule has 6 atom stereocenters. The first kappa shape index (κ1) is 28.1. The molecule has 2 fully saturated rings. The lowest BCUT2D eigenvalue weighted by Gasteiger charge is -2.46. The molecule has 0 aromatic heterocycles. The molecule has 2 N–H and O–H groups in total. The van der Waals surface area contributed by atoms with Crippen LogP contribution in [0.25, 0.3) is 0 Å². The quantitative estimate of drug-likeness (QED) is 0.332. The highest BCUT2D eigenvalue weighted by atomic mass is 28.4. The number of ether oxygens (including phenoxy) is 3. The van der Waals surface area contributed by atoms with Crippen LogP contribution in [0.4, 0.5) is 0 Å². The Labute approximate surface area is 242 Å². The molecule has 3 aliphatic rings. The molecule has 8 heteroatoms. The van der Waals surface area contributed by atoms with Gasteiger partial charge in [0.15, 0.2) is 11.1 Å². The molecule has 0 radical (unpaired) electrons. The number of hydrogen-bond acceptors (Lipinski definition) is 7. The molecule has 41 heavy (non-hydrogen) atoms. The number of epoxide rings is 1. The number of aliphatic hydroxyl groups is 2. The van der Waals surface area contributed by atoms with Gasteiger partial charge < -0.3 is 28.8 Å². The largest absolute Gasteiger partial charge is 0.497 e. The van der Waals surface area contributed by atoms with E-state index in [0.717, 1.165) is 21.7 Å². The van der Waals surface area contributed by atoms with Gasteiger partial charge >= 0.3 is 0 Å². The van der Waals surface area contributed by atoms with Crippen LogP contribution >= 0.6 is 0 Å². The van der Waals surface area contributed by atoms with Crippen molar-refractivity contribution in [2.24, 2.45) is 4.99 Å². The summed E-state index contributed by atoms with van der Waals surface area (Å²) in [6, 6.07) is 28.1. The fraction of sp³-hybridized carbons (Fsp3) is 0.424. The van der Waals surface area contributed by atoms with Crippen molar-refractivity contribution in [1.82, 2.24) is 0 Å². The molecular weight excluding hydrogens is 534 g/mol. The van der Waals surface area contributed by atoms with Gasteiger partial charge in [-0.05, 0) is 53.5 Å². The van der Waals surface area contributed by atoms with Crippen LogP contribution in [0.3, 0.4) is 0 Å². The molecule has 0 unspecified atom stereocenters. The number of aliphatic imine (C=N–C) groups is 1. The molecule has 1 saturated carbocycles. The van der Waals surface area contributed by atoms with Crippen molar-refractivity contribution >= 4 is 24.6 Å². The van der Waals surface area contributed by atoms with Crippen molar-refractivity contribution in [2.75, 3.05) is 13.7 Å². The van der Waals surface area contributed by atoms with E-state index in [-0.39, 0.29) is 11.6 Å². The molecule has 216 valence electrons. The normalized spacial score (nSPS) is 32.4. The highest BCUT2D eigenvalue weighted by Gasteiger charge is 2.87. The van der Waals surface area contributed by atoms with Crippen molar-refractivity contribution < 1.29 is 28.8 Å². The van der Waals surface area contributed by atoms with Crippen LogP contribution in [-0.2, 0) is 13.9 Å². The third-order valence-electron chi connectivity index (χ3n) is 9.53. The third-order valence-corrected chi connectivity index (χ3v) is 14.5. The Bertz CT molecular complexity index is 1400. The van der Waals surface area contributed by atoms with Crippen LogP contribution in [-0.4, -0.2) is 73.2 Å². The van der Waals surface area contributed by atoms with Crippen LogP contribution in [0.15, 0.2) is 89.9 Å². The van der Waals surface area contributed by atoms with Gasteiger partial charge in [-0.15, -0.1) is 0 Å². The molecule has 1 spiro atoms. The molecule has 2 heterocycles. The number of hydrogen-bond donors (Lipinski definition) is 2. The Morgan fingerprint density at radius 2 is 1.49 bits per heavy atom. The highest BCUT2D eigenvalue weighted by molar-refractivity contribution is 6.99. The second-order valence-electron chi connectivity index (χ2n) is 12.6. The molecule has 1 saturated heterocycles. The summed E-state index contributed by atoms with van der Waals surface area (Å²) < 4.78 is 24.9. The van der Waals surface area contributed by atoms with E-state index in [0.29, 0.717) is 5.90 Å². The molecule has 6 rings (SSSR count). The van der Waals surface area contributed by atoms with E-state index in [1.807, 2.05) is 67.6 Å². The third kappa shape index (κ3) is 3.81. The van der Waals surface area contributed by atoms with Gasteiger partial charge in [-0.25, -0.2) is 4.99 Å². The van der Waals surface area contributed by atoms with Gasteiger partial charge in [-0.2, -0.15) is 0 Å². The minimum atomic E-state index is -2.92. The zero-order valence-corrected chi connectivity index (χ0v) is 25.5. The van der Waals surface area contributed by atoms with Crippen LogP contribution in [0, 0.1) is 0 Å². The van der Waals surface area contributed by atoms with Crippen molar-refractivity contribution in [1.29, 1.82) is 0 Å². The molecule has 7 nitrogen and oxygen atoms in total. The Balaban J connectivity index is 1.39. The van der Waals surface area contributed by atoms with Crippen LogP contribution in [0.1, 0.15) is 40.2 Å². The molecular formula is C33H39NO6Si. The summed E-state index contributed by atoms with van der Waals surface area (Å²) in [6.07, 6.45) is -2.31. The topological polar surface area (TPSA) is 93.0 Å². The average molecular weight is 574 g/mol. The summed E-state index contributed by atoms with van der Waals surface area (Å²) in [7, 11) is -1.30. The van der Waals surface area contributed by atoms with Gasteiger partial charge in [0, 0.05) is 5.56 Å². The number of methoxy groups -OCH3 is 1. The van der Waals surface area contributed by atoms with E-state index in [4.69, 9.17) is 23.6 Å². The standard InChI is InChI=1S/C33H39NO6Si/c1-22-33(34-29(39-22)23-17-19-24(37-6)20-18-23)27(35)28-32(40-28,31(33,5)36)21-38-41(30(2,3)4,25-13-9-7-10-14-25)26-15-11-8-12-16-26/h7-20,22,27-28,35-36H,21H2,1-6H3/t22-,27+,28+,31-,32+,33-/m0/s1. The fourth-order valence-corrected chi connectivity index (χ4v) is 11.8. The number of rotatable bonds is 7. The number of fused-ring (bicyclic) bond motifs is 1. The maximum absolute atomic E-state index is 12.4. The molecule has 3 aromatic carbocycles. The van der Waals surface area contributed by atoms with E-state index < -0.39 is 43.4 Å². The summed E-state index contributed by atoms with van der Waals surface area (Å²) in [6.45, 7) is 10.3. The Morgan fingerprint density at radius 1 is 0.927 bits per heavy atom. The van der Waals surface area contributed by atoms with Gasteiger partial charge in [-0.1, -0.05) is 81.4 Å². The van der Waals surface area contributed by atoms with Gasteiger partial charge in [0.05, 0.1) is 13.7 Å². The first-order valence-corrected chi connectivity index (χ1v) is 16.1. The Morgan fingerprint density at radius 3 is 2.00 bits per heavy atom.